The molecule has 1 atom stereocenters. The minimum absolute atomic E-state index is 0.0242. The average Bonchev–Trinajstić information content (AvgIpc) is 2.71. The van der Waals surface area contributed by atoms with Gasteiger partial charge in [0.05, 0.1) is 10.9 Å². The van der Waals surface area contributed by atoms with Crippen molar-refractivity contribution in [3.05, 3.63) is 38.9 Å². The van der Waals surface area contributed by atoms with Crippen LogP contribution in [0.1, 0.15) is 72.0 Å². The summed E-state index contributed by atoms with van der Waals surface area (Å²) in [5.41, 5.74) is 0.288. The van der Waals surface area contributed by atoms with Crippen LogP contribution in [0.5, 0.6) is 0 Å². The minimum Gasteiger partial charge on any atom is -0.444 e. The van der Waals surface area contributed by atoms with E-state index in [0.717, 1.165) is 41.5 Å². The van der Waals surface area contributed by atoms with Crippen LogP contribution in [0, 0.1) is 5.92 Å². The van der Waals surface area contributed by atoms with Gasteiger partial charge in [-0.05, 0) is 71.1 Å². The maximum Gasteiger partial charge on any atom is 0.410 e. The topological polar surface area (TPSA) is 64.4 Å². The van der Waals surface area contributed by atoms with Gasteiger partial charge in [-0.3, -0.25) is 9.36 Å². The molecule has 170 valence electrons. The Morgan fingerprint density at radius 2 is 1.94 bits per heavy atom. The molecule has 1 aromatic carbocycles. The van der Waals surface area contributed by atoms with Crippen LogP contribution >= 0.6 is 15.9 Å². The van der Waals surface area contributed by atoms with Crippen molar-refractivity contribution < 1.29 is 9.53 Å². The van der Waals surface area contributed by atoms with Gasteiger partial charge in [0.25, 0.3) is 5.56 Å². The van der Waals surface area contributed by atoms with Gasteiger partial charge in [-0.25, -0.2) is 9.78 Å². The van der Waals surface area contributed by atoms with Crippen molar-refractivity contribution in [2.24, 2.45) is 5.92 Å². The van der Waals surface area contributed by atoms with Crippen molar-refractivity contribution in [3.63, 3.8) is 0 Å². The van der Waals surface area contributed by atoms with Crippen LogP contribution in [0.15, 0.2) is 27.5 Å². The summed E-state index contributed by atoms with van der Waals surface area (Å²) in [4.78, 5) is 32.5. The number of nitrogens with zero attached hydrogens (tertiary/aromatic N) is 3. The van der Waals surface area contributed by atoms with Crippen molar-refractivity contribution in [1.29, 1.82) is 0 Å². The van der Waals surface area contributed by atoms with Gasteiger partial charge >= 0.3 is 6.09 Å². The smallest absolute Gasteiger partial charge is 0.410 e. The van der Waals surface area contributed by atoms with Gasteiger partial charge in [0.1, 0.15) is 11.4 Å². The van der Waals surface area contributed by atoms with Crippen molar-refractivity contribution in [2.45, 2.75) is 78.4 Å². The molecule has 2 aromatic rings. The molecule has 31 heavy (non-hydrogen) atoms. The maximum absolute atomic E-state index is 13.2. The average molecular weight is 492 g/mol. The zero-order valence-electron chi connectivity index (χ0n) is 19.3. The van der Waals surface area contributed by atoms with Gasteiger partial charge in [0.15, 0.2) is 0 Å². The fraction of sp³-hybridized carbons (Fsp3) is 0.625. The van der Waals surface area contributed by atoms with Gasteiger partial charge in [-0.1, -0.05) is 29.3 Å². The van der Waals surface area contributed by atoms with Gasteiger partial charge in [0, 0.05) is 30.0 Å². The number of hydrogen-bond acceptors (Lipinski definition) is 4. The molecule has 1 unspecified atom stereocenters. The molecule has 1 aliphatic rings. The van der Waals surface area contributed by atoms with E-state index in [9.17, 15) is 9.59 Å². The quantitative estimate of drug-likeness (QED) is 0.537. The molecule has 1 aromatic heterocycles. The number of carbonyl (C=O) groups excluding carboxylic acids is 1. The first-order chi connectivity index (χ1) is 14.6. The van der Waals surface area contributed by atoms with E-state index >= 15 is 0 Å². The van der Waals surface area contributed by atoms with E-state index in [0.29, 0.717) is 30.9 Å². The van der Waals surface area contributed by atoms with Crippen LogP contribution in [0.4, 0.5) is 4.79 Å². The predicted octanol–water partition coefficient (Wildman–Crippen LogP) is 5.71. The summed E-state index contributed by atoms with van der Waals surface area (Å²) in [7, 11) is 0. The number of ether oxygens (including phenoxy) is 1. The summed E-state index contributed by atoms with van der Waals surface area (Å²) in [5, 5.41) is 0.648. The molecule has 6 nitrogen and oxygen atoms in total. The monoisotopic (exact) mass is 491 g/mol. The van der Waals surface area contributed by atoms with Crippen molar-refractivity contribution in [3.8, 4) is 0 Å². The second kappa shape index (κ2) is 9.72. The molecule has 1 aliphatic heterocycles. The number of halogens is 1. The Balaban J connectivity index is 1.88. The summed E-state index contributed by atoms with van der Waals surface area (Å²) >= 11 is 3.46. The summed E-state index contributed by atoms with van der Waals surface area (Å²) in [6.45, 7) is 11.8. The highest BCUT2D eigenvalue weighted by Gasteiger charge is 2.33. The molecule has 1 amide bonds. The molecule has 2 heterocycles. The minimum atomic E-state index is -0.486. The Kier molecular flexibility index (Phi) is 7.45. The second-order valence-corrected chi connectivity index (χ2v) is 10.3. The number of hydrogen-bond donors (Lipinski definition) is 0. The zero-order chi connectivity index (χ0) is 22.8. The van der Waals surface area contributed by atoms with Gasteiger partial charge < -0.3 is 9.64 Å². The van der Waals surface area contributed by atoms with Gasteiger partial charge in [-0.2, -0.15) is 0 Å². The van der Waals surface area contributed by atoms with E-state index in [4.69, 9.17) is 9.72 Å². The first-order valence-electron chi connectivity index (χ1n) is 11.3. The highest BCUT2D eigenvalue weighted by molar-refractivity contribution is 9.10. The molecule has 1 saturated heterocycles. The summed E-state index contributed by atoms with van der Waals surface area (Å²) in [5.74, 6) is 1.47. The third kappa shape index (κ3) is 5.48. The van der Waals surface area contributed by atoms with Crippen LogP contribution in [0.2, 0.25) is 0 Å². The second-order valence-electron chi connectivity index (χ2n) is 9.38. The lowest BCUT2D eigenvalue weighted by Crippen LogP contribution is -2.43. The van der Waals surface area contributed by atoms with Crippen LogP contribution in [-0.4, -0.2) is 39.2 Å². The number of fused-ring (bicyclic) bond motifs is 1. The molecule has 3 rings (SSSR count). The highest BCUT2D eigenvalue weighted by atomic mass is 79.9. The fourth-order valence-electron chi connectivity index (χ4n) is 4.50. The first kappa shape index (κ1) is 23.8. The Hall–Kier alpha value is -1.89. The Bertz CT molecular complexity index is 988. The third-order valence-corrected chi connectivity index (χ3v) is 6.45. The maximum atomic E-state index is 13.2. The SMILES string of the molecule is CCCC(c1nc2ccc(Br)cc2c(=O)n1CC)C1CCN(C(=O)OC(C)(C)C)CC1. The van der Waals surface area contributed by atoms with E-state index in [2.05, 4.69) is 22.9 Å². The number of benzene rings is 1. The van der Waals surface area contributed by atoms with E-state index in [1.165, 1.54) is 0 Å². The largest absolute Gasteiger partial charge is 0.444 e. The lowest BCUT2D eigenvalue weighted by atomic mass is 9.81. The number of amides is 1. The van der Waals surface area contributed by atoms with Crippen molar-refractivity contribution >= 4 is 32.9 Å². The lowest BCUT2D eigenvalue weighted by Gasteiger charge is -2.37. The zero-order valence-corrected chi connectivity index (χ0v) is 20.9. The molecule has 0 radical (unpaired) electrons. The molecule has 1 fully saturated rings. The number of piperidine rings is 1. The number of likely N-dealkylation sites (tertiary alicyclic amines) is 1. The fourth-order valence-corrected chi connectivity index (χ4v) is 4.86. The Morgan fingerprint density at radius 1 is 1.26 bits per heavy atom. The van der Waals surface area contributed by atoms with Crippen LogP contribution in [-0.2, 0) is 11.3 Å². The van der Waals surface area contributed by atoms with Crippen molar-refractivity contribution in [2.75, 3.05) is 13.1 Å². The van der Waals surface area contributed by atoms with Gasteiger partial charge in [-0.15, -0.1) is 0 Å². The normalized spacial score (nSPS) is 16.5. The molecular formula is C24H34BrN3O3. The molecular weight excluding hydrogens is 458 g/mol. The molecule has 7 heteroatoms. The predicted molar refractivity (Wildman–Crippen MR) is 128 cm³/mol. The number of aromatic nitrogens is 2. The summed E-state index contributed by atoms with van der Waals surface area (Å²) in [6.07, 6.45) is 3.54. The van der Waals surface area contributed by atoms with Crippen LogP contribution in [0.3, 0.4) is 0 Å². The van der Waals surface area contributed by atoms with Crippen LogP contribution < -0.4 is 5.56 Å². The first-order valence-corrected chi connectivity index (χ1v) is 12.1. The third-order valence-electron chi connectivity index (χ3n) is 5.95. The van der Waals surface area contributed by atoms with E-state index in [-0.39, 0.29) is 17.6 Å². The highest BCUT2D eigenvalue weighted by Crippen LogP contribution is 2.36. The Morgan fingerprint density at radius 3 is 2.52 bits per heavy atom. The number of rotatable bonds is 5. The molecule has 0 saturated carbocycles. The van der Waals surface area contributed by atoms with Crippen LogP contribution in [0.25, 0.3) is 10.9 Å². The molecule has 0 bridgehead atoms. The number of carbonyl (C=O) groups is 1. The summed E-state index contributed by atoms with van der Waals surface area (Å²) in [6, 6.07) is 5.70. The molecule has 0 spiro atoms. The lowest BCUT2D eigenvalue weighted by molar-refractivity contribution is 0.0171. The standard InChI is InChI=1S/C24H34BrN3O3/c1-6-8-18(16-11-13-27(14-12-16)23(30)31-24(3,4)5)21-26-20-10-9-17(25)15-19(20)22(29)28(21)7-2/h9-10,15-16,18H,6-8,11-14H2,1-5H3. The van der Waals surface area contributed by atoms with Crippen molar-refractivity contribution in [1.82, 2.24) is 14.5 Å². The molecule has 0 N–H and O–H groups in total. The molecule has 0 aliphatic carbocycles. The van der Waals surface area contributed by atoms with E-state index in [1.807, 2.05) is 55.4 Å². The van der Waals surface area contributed by atoms with E-state index < -0.39 is 5.60 Å². The van der Waals surface area contributed by atoms with E-state index in [1.54, 1.807) is 0 Å². The van der Waals surface area contributed by atoms with Gasteiger partial charge in [0.2, 0.25) is 0 Å². The Labute approximate surface area is 193 Å². The summed E-state index contributed by atoms with van der Waals surface area (Å²) < 4.78 is 8.27.